The van der Waals surface area contributed by atoms with Crippen LogP contribution in [-0.2, 0) is 11.0 Å². The number of benzene rings is 2. The zero-order chi connectivity index (χ0) is 22.2. The zero-order valence-corrected chi connectivity index (χ0v) is 16.9. The summed E-state index contributed by atoms with van der Waals surface area (Å²) in [6.07, 6.45) is -4.21. The van der Waals surface area contributed by atoms with E-state index in [-0.39, 0.29) is 30.9 Å². The molecule has 2 heterocycles. The van der Waals surface area contributed by atoms with E-state index in [0.717, 1.165) is 23.4 Å². The Kier molecular flexibility index (Phi) is 5.43. The second-order valence-electron chi connectivity index (χ2n) is 7.60. The first kappa shape index (κ1) is 20.9. The van der Waals surface area contributed by atoms with Crippen LogP contribution in [0.3, 0.4) is 0 Å². The fourth-order valence-corrected chi connectivity index (χ4v) is 3.43. The van der Waals surface area contributed by atoms with E-state index in [9.17, 15) is 18.0 Å². The van der Waals surface area contributed by atoms with Crippen molar-refractivity contribution in [2.75, 3.05) is 11.4 Å². The molecule has 1 atom stereocenters. The molecule has 9 heteroatoms. The molecule has 1 aliphatic rings. The summed E-state index contributed by atoms with van der Waals surface area (Å²) in [6.45, 7) is 4.14. The monoisotopic (exact) mass is 431 g/mol. The predicted molar refractivity (Wildman–Crippen MR) is 107 cm³/mol. The first-order valence-electron chi connectivity index (χ1n) is 9.79. The second-order valence-corrected chi connectivity index (χ2v) is 7.60. The Hall–Kier alpha value is -3.36. The Morgan fingerprint density at radius 3 is 2.39 bits per heavy atom. The Balaban J connectivity index is 1.47. The second kappa shape index (κ2) is 8.05. The van der Waals surface area contributed by atoms with Crippen molar-refractivity contribution in [3.8, 4) is 17.1 Å². The SMILES string of the molecule is CC(C)Oc1ccc(-c2noc(C3CC(=O)N(c4ccc(C(F)(F)F)cc4)C3)n2)cc1. The van der Waals surface area contributed by atoms with Gasteiger partial charge >= 0.3 is 6.18 Å². The van der Waals surface area contributed by atoms with Gasteiger partial charge in [-0.3, -0.25) is 4.79 Å². The highest BCUT2D eigenvalue weighted by molar-refractivity contribution is 5.96. The molecule has 1 fully saturated rings. The van der Waals surface area contributed by atoms with E-state index in [4.69, 9.17) is 9.26 Å². The number of alkyl halides is 3. The van der Waals surface area contributed by atoms with Crippen LogP contribution in [0.4, 0.5) is 18.9 Å². The fraction of sp³-hybridized carbons (Fsp3) is 0.318. The number of halogens is 3. The molecular weight excluding hydrogens is 411 g/mol. The quantitative estimate of drug-likeness (QED) is 0.565. The van der Waals surface area contributed by atoms with Crippen molar-refractivity contribution in [2.24, 2.45) is 0 Å². The molecular formula is C22H20F3N3O3. The average molecular weight is 431 g/mol. The van der Waals surface area contributed by atoms with Crippen LogP contribution in [0.15, 0.2) is 53.1 Å². The molecule has 0 radical (unpaired) electrons. The number of hydrogen-bond acceptors (Lipinski definition) is 5. The number of carbonyl (C=O) groups excluding carboxylic acids is 1. The van der Waals surface area contributed by atoms with Crippen molar-refractivity contribution in [3.05, 3.63) is 60.0 Å². The van der Waals surface area contributed by atoms with Gasteiger partial charge in [0, 0.05) is 24.2 Å². The van der Waals surface area contributed by atoms with Crippen molar-refractivity contribution < 1.29 is 27.2 Å². The van der Waals surface area contributed by atoms with Gasteiger partial charge in [0.25, 0.3) is 0 Å². The molecule has 31 heavy (non-hydrogen) atoms. The summed E-state index contributed by atoms with van der Waals surface area (Å²) in [7, 11) is 0. The predicted octanol–water partition coefficient (Wildman–Crippen LogP) is 5.06. The third-order valence-electron chi connectivity index (χ3n) is 4.91. The van der Waals surface area contributed by atoms with E-state index in [1.807, 2.05) is 38.1 Å². The number of anilines is 1. The van der Waals surface area contributed by atoms with E-state index < -0.39 is 11.7 Å². The number of amides is 1. The minimum Gasteiger partial charge on any atom is -0.491 e. The van der Waals surface area contributed by atoms with E-state index in [1.54, 1.807) is 0 Å². The lowest BCUT2D eigenvalue weighted by atomic mass is 10.1. The summed E-state index contributed by atoms with van der Waals surface area (Å²) in [5, 5.41) is 4.00. The molecule has 4 rings (SSSR count). The normalized spacial score (nSPS) is 16.9. The molecule has 2 aromatic carbocycles. The maximum absolute atomic E-state index is 12.8. The van der Waals surface area contributed by atoms with Crippen molar-refractivity contribution in [1.29, 1.82) is 0 Å². The summed E-state index contributed by atoms with van der Waals surface area (Å²) in [6, 6.07) is 11.8. The maximum Gasteiger partial charge on any atom is 0.416 e. The molecule has 0 bridgehead atoms. The van der Waals surface area contributed by atoms with Crippen LogP contribution in [0.5, 0.6) is 5.75 Å². The molecule has 1 amide bonds. The van der Waals surface area contributed by atoms with Crippen LogP contribution in [0, 0.1) is 0 Å². The topological polar surface area (TPSA) is 68.5 Å². The molecule has 1 saturated heterocycles. The molecule has 1 aromatic heterocycles. The zero-order valence-electron chi connectivity index (χ0n) is 16.9. The smallest absolute Gasteiger partial charge is 0.416 e. The van der Waals surface area contributed by atoms with Crippen LogP contribution in [-0.4, -0.2) is 28.7 Å². The van der Waals surface area contributed by atoms with Crippen molar-refractivity contribution in [1.82, 2.24) is 10.1 Å². The molecule has 1 aliphatic heterocycles. The van der Waals surface area contributed by atoms with E-state index >= 15 is 0 Å². The summed E-state index contributed by atoms with van der Waals surface area (Å²) in [5.74, 6) is 0.905. The minimum atomic E-state index is -4.42. The van der Waals surface area contributed by atoms with Gasteiger partial charge in [0.05, 0.1) is 17.6 Å². The number of rotatable bonds is 5. The van der Waals surface area contributed by atoms with Crippen LogP contribution in [0.2, 0.25) is 0 Å². The summed E-state index contributed by atoms with van der Waals surface area (Å²) in [4.78, 5) is 18.3. The Bertz CT molecular complexity index is 1060. The summed E-state index contributed by atoms with van der Waals surface area (Å²) < 4.78 is 49.3. The maximum atomic E-state index is 12.8. The van der Waals surface area contributed by atoms with Crippen molar-refractivity contribution >= 4 is 11.6 Å². The van der Waals surface area contributed by atoms with Gasteiger partial charge in [-0.2, -0.15) is 18.2 Å². The number of carbonyl (C=O) groups is 1. The van der Waals surface area contributed by atoms with Crippen LogP contribution < -0.4 is 9.64 Å². The lowest BCUT2D eigenvalue weighted by Gasteiger charge is -2.17. The Morgan fingerprint density at radius 2 is 1.77 bits per heavy atom. The van der Waals surface area contributed by atoms with Gasteiger partial charge in [0.1, 0.15) is 5.75 Å². The Labute approximate surface area is 176 Å². The lowest BCUT2D eigenvalue weighted by Crippen LogP contribution is -2.24. The largest absolute Gasteiger partial charge is 0.491 e. The van der Waals surface area contributed by atoms with Crippen LogP contribution in [0.1, 0.15) is 37.6 Å². The first-order chi connectivity index (χ1) is 14.7. The third-order valence-corrected chi connectivity index (χ3v) is 4.91. The molecule has 0 spiro atoms. The minimum absolute atomic E-state index is 0.0649. The number of ether oxygens (including phenoxy) is 1. The first-order valence-corrected chi connectivity index (χ1v) is 9.79. The average Bonchev–Trinajstić information content (AvgIpc) is 3.34. The molecule has 3 aromatic rings. The van der Waals surface area contributed by atoms with Crippen LogP contribution >= 0.6 is 0 Å². The fourth-order valence-electron chi connectivity index (χ4n) is 3.43. The Morgan fingerprint density at radius 1 is 1.10 bits per heavy atom. The molecule has 162 valence electrons. The van der Waals surface area contributed by atoms with E-state index in [2.05, 4.69) is 10.1 Å². The molecule has 0 saturated carbocycles. The van der Waals surface area contributed by atoms with Crippen LogP contribution in [0.25, 0.3) is 11.4 Å². The number of nitrogens with zero attached hydrogens (tertiary/aromatic N) is 3. The number of aromatic nitrogens is 2. The van der Waals surface area contributed by atoms with Gasteiger partial charge in [0.2, 0.25) is 17.6 Å². The van der Waals surface area contributed by atoms with Gasteiger partial charge in [0.15, 0.2) is 0 Å². The van der Waals surface area contributed by atoms with Crippen molar-refractivity contribution in [3.63, 3.8) is 0 Å². The van der Waals surface area contributed by atoms with Gasteiger partial charge in [-0.1, -0.05) is 5.16 Å². The van der Waals surface area contributed by atoms with E-state index in [1.165, 1.54) is 17.0 Å². The van der Waals surface area contributed by atoms with E-state index in [0.29, 0.717) is 17.4 Å². The van der Waals surface area contributed by atoms with Gasteiger partial charge in [-0.05, 0) is 62.4 Å². The number of hydrogen-bond donors (Lipinski definition) is 0. The highest BCUT2D eigenvalue weighted by Crippen LogP contribution is 2.34. The van der Waals surface area contributed by atoms with Crippen molar-refractivity contribution in [2.45, 2.75) is 38.5 Å². The van der Waals surface area contributed by atoms with Gasteiger partial charge in [-0.15, -0.1) is 0 Å². The van der Waals surface area contributed by atoms with Gasteiger partial charge in [-0.25, -0.2) is 0 Å². The highest BCUT2D eigenvalue weighted by Gasteiger charge is 2.36. The highest BCUT2D eigenvalue weighted by atomic mass is 19.4. The summed E-state index contributed by atoms with van der Waals surface area (Å²) >= 11 is 0. The van der Waals surface area contributed by atoms with Gasteiger partial charge < -0.3 is 14.2 Å². The summed E-state index contributed by atoms with van der Waals surface area (Å²) in [5.41, 5.74) is 0.391. The third kappa shape index (κ3) is 4.55. The molecule has 0 N–H and O–H groups in total. The molecule has 6 nitrogen and oxygen atoms in total. The lowest BCUT2D eigenvalue weighted by molar-refractivity contribution is -0.137. The standard InChI is InChI=1S/C22H20F3N3O3/c1-13(2)30-18-9-3-14(4-10-18)20-26-21(31-27-20)15-11-19(29)28(12-15)17-7-5-16(6-8-17)22(23,24)25/h3-10,13,15H,11-12H2,1-2H3. The molecule has 0 aliphatic carbocycles. The molecule has 1 unspecified atom stereocenters.